The van der Waals surface area contributed by atoms with Crippen LogP contribution in [0.25, 0.3) is 0 Å². The van der Waals surface area contributed by atoms with Crippen LogP contribution in [0.3, 0.4) is 0 Å². The Balaban J connectivity index is 2.31. The van der Waals surface area contributed by atoms with Crippen molar-refractivity contribution < 1.29 is 17.9 Å². The molecule has 0 N–H and O–H groups in total. The Labute approximate surface area is 148 Å². The third-order valence-electron chi connectivity index (χ3n) is 4.29. The van der Waals surface area contributed by atoms with Gasteiger partial charge in [-0.05, 0) is 37.5 Å². The molecular weight excluding hydrogens is 352 g/mol. The normalized spacial score (nSPS) is 16.8. The highest BCUT2D eigenvalue weighted by molar-refractivity contribution is 7.88. The first-order chi connectivity index (χ1) is 11.2. The number of hydrogen-bond acceptors (Lipinski definition) is 4. The molecule has 8 heteroatoms. The van der Waals surface area contributed by atoms with E-state index < -0.39 is 10.0 Å². The molecule has 6 nitrogen and oxygen atoms in total. The predicted octanol–water partition coefficient (Wildman–Crippen LogP) is 2.07. The van der Waals surface area contributed by atoms with Crippen LogP contribution in [0.4, 0.5) is 0 Å². The van der Waals surface area contributed by atoms with Crippen molar-refractivity contribution in [1.82, 2.24) is 9.21 Å². The van der Waals surface area contributed by atoms with Gasteiger partial charge in [0, 0.05) is 31.2 Å². The Bertz CT molecular complexity index is 749. The minimum Gasteiger partial charge on any atom is -0.496 e. The summed E-state index contributed by atoms with van der Waals surface area (Å²) in [5, 5.41) is 0.548. The molecule has 1 aliphatic rings. The van der Waals surface area contributed by atoms with Crippen molar-refractivity contribution in [3.05, 3.63) is 27.8 Å². The number of nitrogens with zero attached hydrogens (tertiary/aromatic N) is 2. The first-order valence-corrected chi connectivity index (χ1v) is 9.97. The minimum atomic E-state index is -3.25. The van der Waals surface area contributed by atoms with Crippen LogP contribution < -0.4 is 4.74 Å². The van der Waals surface area contributed by atoms with Gasteiger partial charge in [-0.15, -0.1) is 0 Å². The van der Waals surface area contributed by atoms with E-state index in [1.54, 1.807) is 17.9 Å². The van der Waals surface area contributed by atoms with E-state index in [4.69, 9.17) is 16.3 Å². The van der Waals surface area contributed by atoms with Crippen molar-refractivity contribution in [2.45, 2.75) is 20.3 Å². The molecule has 1 amide bonds. The van der Waals surface area contributed by atoms with Gasteiger partial charge in [0.25, 0.3) is 5.91 Å². The summed E-state index contributed by atoms with van der Waals surface area (Å²) in [4.78, 5) is 14.7. The monoisotopic (exact) mass is 374 g/mol. The third-order valence-corrected chi connectivity index (χ3v) is 6.17. The lowest BCUT2D eigenvalue weighted by Crippen LogP contribution is -2.37. The number of halogens is 1. The van der Waals surface area contributed by atoms with Crippen LogP contribution in [-0.4, -0.2) is 63.1 Å². The quantitative estimate of drug-likeness (QED) is 0.812. The van der Waals surface area contributed by atoms with E-state index in [1.807, 2.05) is 6.92 Å². The van der Waals surface area contributed by atoms with E-state index >= 15 is 0 Å². The SMILES string of the molecule is COc1cc(C)c(Cl)c(C)c1C(=O)N1CCCN(S(C)(=O)=O)CC1. The highest BCUT2D eigenvalue weighted by atomic mass is 35.5. The number of amides is 1. The molecule has 2 rings (SSSR count). The van der Waals surface area contributed by atoms with E-state index in [0.29, 0.717) is 54.5 Å². The first-order valence-electron chi connectivity index (χ1n) is 7.75. The molecule has 1 aromatic rings. The van der Waals surface area contributed by atoms with Crippen LogP contribution in [0.1, 0.15) is 27.9 Å². The molecule has 1 saturated heterocycles. The van der Waals surface area contributed by atoms with Crippen LogP contribution >= 0.6 is 11.6 Å². The molecule has 0 aliphatic carbocycles. The van der Waals surface area contributed by atoms with Crippen molar-refractivity contribution in [2.24, 2.45) is 0 Å². The van der Waals surface area contributed by atoms with Gasteiger partial charge >= 0.3 is 0 Å². The van der Waals surface area contributed by atoms with Gasteiger partial charge in [-0.3, -0.25) is 4.79 Å². The molecule has 0 unspecified atom stereocenters. The van der Waals surface area contributed by atoms with E-state index in [-0.39, 0.29) is 5.91 Å². The fourth-order valence-electron chi connectivity index (χ4n) is 2.94. The Morgan fingerprint density at radius 2 is 1.88 bits per heavy atom. The molecule has 24 heavy (non-hydrogen) atoms. The lowest BCUT2D eigenvalue weighted by Gasteiger charge is -2.24. The van der Waals surface area contributed by atoms with E-state index in [9.17, 15) is 13.2 Å². The lowest BCUT2D eigenvalue weighted by molar-refractivity contribution is 0.0760. The smallest absolute Gasteiger partial charge is 0.257 e. The number of methoxy groups -OCH3 is 1. The zero-order chi connectivity index (χ0) is 18.1. The number of benzene rings is 1. The second-order valence-corrected chi connectivity index (χ2v) is 8.38. The first kappa shape index (κ1) is 19.0. The number of hydrogen-bond donors (Lipinski definition) is 0. The maximum atomic E-state index is 13.0. The molecule has 1 heterocycles. The van der Waals surface area contributed by atoms with Crippen molar-refractivity contribution in [1.29, 1.82) is 0 Å². The van der Waals surface area contributed by atoms with Gasteiger partial charge in [-0.2, -0.15) is 0 Å². The number of ether oxygens (including phenoxy) is 1. The Morgan fingerprint density at radius 3 is 2.46 bits per heavy atom. The van der Waals surface area contributed by atoms with Crippen molar-refractivity contribution in [2.75, 3.05) is 39.5 Å². The highest BCUT2D eigenvalue weighted by Crippen LogP contribution is 2.32. The zero-order valence-corrected chi connectivity index (χ0v) is 16.0. The Kier molecular flexibility index (Phi) is 5.78. The van der Waals surface area contributed by atoms with Crippen molar-refractivity contribution >= 4 is 27.5 Å². The van der Waals surface area contributed by atoms with Gasteiger partial charge < -0.3 is 9.64 Å². The summed E-state index contributed by atoms with van der Waals surface area (Å²) in [6, 6.07) is 1.75. The molecule has 0 radical (unpaired) electrons. The summed E-state index contributed by atoms with van der Waals surface area (Å²) >= 11 is 6.30. The molecule has 1 fully saturated rings. The second kappa shape index (κ2) is 7.29. The Hall–Kier alpha value is -1.31. The lowest BCUT2D eigenvalue weighted by atomic mass is 10.0. The summed E-state index contributed by atoms with van der Waals surface area (Å²) in [7, 11) is -1.73. The molecule has 1 aliphatic heterocycles. The molecule has 0 saturated carbocycles. The predicted molar refractivity (Wildman–Crippen MR) is 94.4 cm³/mol. The number of aryl methyl sites for hydroxylation is 1. The van der Waals surface area contributed by atoms with E-state index in [1.165, 1.54) is 17.7 Å². The zero-order valence-electron chi connectivity index (χ0n) is 14.4. The average molecular weight is 375 g/mol. The number of sulfonamides is 1. The summed E-state index contributed by atoms with van der Waals surface area (Å²) in [6.07, 6.45) is 1.79. The standard InChI is InChI=1S/C16H23ClN2O4S/c1-11-10-13(23-3)14(12(2)15(11)17)16(20)18-6-5-7-19(9-8-18)24(4,21)22/h10H,5-9H2,1-4H3. The molecule has 134 valence electrons. The van der Waals surface area contributed by atoms with Crippen LogP contribution in [0, 0.1) is 13.8 Å². The fraction of sp³-hybridized carbons (Fsp3) is 0.562. The highest BCUT2D eigenvalue weighted by Gasteiger charge is 2.28. The Morgan fingerprint density at radius 1 is 1.21 bits per heavy atom. The van der Waals surface area contributed by atoms with Crippen molar-refractivity contribution in [3.63, 3.8) is 0 Å². The maximum Gasteiger partial charge on any atom is 0.257 e. The van der Waals surface area contributed by atoms with Crippen LogP contribution in [0.15, 0.2) is 6.07 Å². The number of carbonyl (C=O) groups excluding carboxylic acids is 1. The maximum absolute atomic E-state index is 13.0. The summed E-state index contributed by atoms with van der Waals surface area (Å²) in [6.45, 7) is 5.23. The van der Waals surface area contributed by atoms with Gasteiger partial charge in [0.05, 0.1) is 18.9 Å². The third kappa shape index (κ3) is 3.84. The van der Waals surface area contributed by atoms with Gasteiger partial charge in [-0.25, -0.2) is 12.7 Å². The van der Waals surface area contributed by atoms with Crippen LogP contribution in [0.5, 0.6) is 5.75 Å². The van der Waals surface area contributed by atoms with Crippen LogP contribution in [-0.2, 0) is 10.0 Å². The summed E-state index contributed by atoms with van der Waals surface area (Å²) in [5.41, 5.74) is 1.98. The second-order valence-electron chi connectivity index (χ2n) is 6.02. The molecule has 0 spiro atoms. The summed E-state index contributed by atoms with van der Waals surface area (Å²) < 4.78 is 30.2. The fourth-order valence-corrected chi connectivity index (χ4v) is 3.96. The molecule has 0 aromatic heterocycles. The van der Waals surface area contributed by atoms with Gasteiger partial charge in [0.15, 0.2) is 0 Å². The number of rotatable bonds is 3. The van der Waals surface area contributed by atoms with Gasteiger partial charge in [-0.1, -0.05) is 11.6 Å². The molecule has 1 aromatic carbocycles. The molecular formula is C16H23ClN2O4S. The van der Waals surface area contributed by atoms with Crippen LogP contribution in [0.2, 0.25) is 5.02 Å². The van der Waals surface area contributed by atoms with E-state index in [0.717, 1.165) is 5.56 Å². The van der Waals surface area contributed by atoms with Crippen molar-refractivity contribution in [3.8, 4) is 5.75 Å². The topological polar surface area (TPSA) is 66.9 Å². The number of carbonyl (C=O) groups is 1. The largest absolute Gasteiger partial charge is 0.496 e. The minimum absolute atomic E-state index is 0.179. The van der Waals surface area contributed by atoms with Gasteiger partial charge in [0.2, 0.25) is 10.0 Å². The summed E-state index contributed by atoms with van der Waals surface area (Å²) in [5.74, 6) is 0.310. The van der Waals surface area contributed by atoms with E-state index in [2.05, 4.69) is 0 Å². The van der Waals surface area contributed by atoms with Gasteiger partial charge in [0.1, 0.15) is 5.75 Å². The molecule has 0 bridgehead atoms. The average Bonchev–Trinajstić information content (AvgIpc) is 2.77. The molecule has 0 atom stereocenters.